The molecular weight excluding hydrogens is 459 g/mol. The Morgan fingerprint density at radius 3 is 2.58 bits per heavy atom. The standard InChI is InChI=1S/C22H24F3N3O4S/c1-32-18(29)7-4-10-26-19(30)17-13-33-20(27-17)14-8-11-28(12-9-14)21(31)15-5-2-3-6-16(15)22(23,24)25/h2-3,5-6,13-14H,4,7-12H2,1H3,(H,26,30). The number of carbonyl (C=O) groups is 3. The molecule has 1 aliphatic heterocycles. The number of esters is 1. The van der Waals surface area contributed by atoms with Gasteiger partial charge in [-0.15, -0.1) is 11.3 Å². The van der Waals surface area contributed by atoms with Crippen LogP contribution >= 0.6 is 11.3 Å². The number of nitrogens with zero attached hydrogens (tertiary/aromatic N) is 2. The fourth-order valence-corrected chi connectivity index (χ4v) is 4.59. The van der Waals surface area contributed by atoms with E-state index >= 15 is 0 Å². The van der Waals surface area contributed by atoms with Gasteiger partial charge in [0, 0.05) is 37.4 Å². The minimum Gasteiger partial charge on any atom is -0.469 e. The van der Waals surface area contributed by atoms with Gasteiger partial charge in [0.05, 0.1) is 23.2 Å². The van der Waals surface area contributed by atoms with E-state index in [1.807, 2.05) is 0 Å². The highest BCUT2D eigenvalue weighted by atomic mass is 32.1. The van der Waals surface area contributed by atoms with Gasteiger partial charge in [0.2, 0.25) is 0 Å². The van der Waals surface area contributed by atoms with Crippen molar-refractivity contribution in [1.29, 1.82) is 0 Å². The third-order valence-corrected chi connectivity index (χ3v) is 6.43. The van der Waals surface area contributed by atoms with Crippen molar-refractivity contribution in [2.75, 3.05) is 26.7 Å². The average molecular weight is 484 g/mol. The number of rotatable bonds is 7. The molecule has 0 saturated carbocycles. The van der Waals surface area contributed by atoms with Gasteiger partial charge in [-0.2, -0.15) is 13.2 Å². The molecule has 33 heavy (non-hydrogen) atoms. The zero-order valence-corrected chi connectivity index (χ0v) is 18.8. The normalized spacial score (nSPS) is 14.7. The molecule has 1 aromatic carbocycles. The minimum atomic E-state index is -4.60. The van der Waals surface area contributed by atoms with Gasteiger partial charge < -0.3 is 15.0 Å². The Labute approximate surface area is 192 Å². The molecule has 1 aliphatic rings. The van der Waals surface area contributed by atoms with Gasteiger partial charge in [-0.05, 0) is 31.4 Å². The number of piperidine rings is 1. The number of alkyl halides is 3. The minimum absolute atomic E-state index is 0.0257. The lowest BCUT2D eigenvalue weighted by molar-refractivity contribution is -0.140. The van der Waals surface area contributed by atoms with Gasteiger partial charge in [-0.1, -0.05) is 12.1 Å². The Morgan fingerprint density at radius 1 is 1.21 bits per heavy atom. The second-order valence-electron chi connectivity index (χ2n) is 7.62. The number of aromatic nitrogens is 1. The predicted octanol–water partition coefficient (Wildman–Crippen LogP) is 3.86. The molecule has 1 N–H and O–H groups in total. The van der Waals surface area contributed by atoms with E-state index in [0.717, 1.165) is 11.1 Å². The molecule has 0 bridgehead atoms. The van der Waals surface area contributed by atoms with Gasteiger partial charge in [0.25, 0.3) is 11.8 Å². The Morgan fingerprint density at radius 2 is 1.91 bits per heavy atom. The summed E-state index contributed by atoms with van der Waals surface area (Å²) in [5.74, 6) is -1.28. The van der Waals surface area contributed by atoms with E-state index in [4.69, 9.17) is 0 Å². The fraction of sp³-hybridized carbons (Fsp3) is 0.455. The van der Waals surface area contributed by atoms with Gasteiger partial charge in [0.15, 0.2) is 0 Å². The Balaban J connectivity index is 1.54. The highest BCUT2D eigenvalue weighted by Crippen LogP contribution is 2.34. The number of benzene rings is 1. The molecule has 178 valence electrons. The summed E-state index contributed by atoms with van der Waals surface area (Å²) in [6.07, 6.45) is -2.83. The average Bonchev–Trinajstić information content (AvgIpc) is 3.31. The lowest BCUT2D eigenvalue weighted by Crippen LogP contribution is -2.38. The van der Waals surface area contributed by atoms with Crippen LogP contribution < -0.4 is 5.32 Å². The largest absolute Gasteiger partial charge is 0.469 e. The Bertz CT molecular complexity index is 1000. The quantitative estimate of drug-likeness (QED) is 0.477. The first kappa shape index (κ1) is 24.7. The Hall–Kier alpha value is -2.95. The number of amides is 2. The van der Waals surface area contributed by atoms with Crippen LogP contribution in [0.3, 0.4) is 0 Å². The number of hydrogen-bond acceptors (Lipinski definition) is 6. The van der Waals surface area contributed by atoms with Crippen molar-refractivity contribution in [1.82, 2.24) is 15.2 Å². The number of thiazole rings is 1. The van der Waals surface area contributed by atoms with Crippen LogP contribution in [0.25, 0.3) is 0 Å². The summed E-state index contributed by atoms with van der Waals surface area (Å²) >= 11 is 1.35. The van der Waals surface area contributed by atoms with Crippen LogP contribution in [0.4, 0.5) is 13.2 Å². The van der Waals surface area contributed by atoms with Crippen LogP contribution in [0.15, 0.2) is 29.6 Å². The van der Waals surface area contributed by atoms with E-state index in [1.54, 1.807) is 5.38 Å². The van der Waals surface area contributed by atoms with Crippen LogP contribution in [-0.2, 0) is 15.7 Å². The van der Waals surface area contributed by atoms with Crippen molar-refractivity contribution < 1.29 is 32.3 Å². The van der Waals surface area contributed by atoms with Crippen LogP contribution in [0, 0.1) is 0 Å². The van der Waals surface area contributed by atoms with Crippen molar-refractivity contribution >= 4 is 29.1 Å². The summed E-state index contributed by atoms with van der Waals surface area (Å²) in [5.41, 5.74) is -0.992. The second-order valence-corrected chi connectivity index (χ2v) is 8.51. The highest BCUT2D eigenvalue weighted by Gasteiger charge is 2.36. The number of hydrogen-bond donors (Lipinski definition) is 1. The van der Waals surface area contributed by atoms with Gasteiger partial charge in [0.1, 0.15) is 5.69 Å². The monoisotopic (exact) mass is 483 g/mol. The summed E-state index contributed by atoms with van der Waals surface area (Å²) in [7, 11) is 1.31. The fourth-order valence-electron chi connectivity index (χ4n) is 3.62. The molecule has 2 aromatic rings. The molecule has 1 aromatic heterocycles. The number of ether oxygens (including phenoxy) is 1. The Kier molecular flexibility index (Phi) is 8.06. The number of methoxy groups -OCH3 is 1. The van der Waals surface area contributed by atoms with Gasteiger partial charge >= 0.3 is 12.1 Å². The molecule has 0 atom stereocenters. The van der Waals surface area contributed by atoms with Crippen molar-refractivity contribution in [2.24, 2.45) is 0 Å². The summed E-state index contributed by atoms with van der Waals surface area (Å²) in [6, 6.07) is 4.81. The van der Waals surface area contributed by atoms with Crippen molar-refractivity contribution in [3.8, 4) is 0 Å². The molecule has 1 saturated heterocycles. The molecular formula is C22H24F3N3O4S. The maximum absolute atomic E-state index is 13.2. The number of halogens is 3. The SMILES string of the molecule is COC(=O)CCCNC(=O)c1csc(C2CCN(C(=O)c3ccccc3C(F)(F)F)CC2)n1. The van der Waals surface area contributed by atoms with E-state index < -0.39 is 17.6 Å². The summed E-state index contributed by atoms with van der Waals surface area (Å²) in [4.78, 5) is 41.9. The van der Waals surface area contributed by atoms with Gasteiger partial charge in [-0.25, -0.2) is 4.98 Å². The van der Waals surface area contributed by atoms with E-state index in [9.17, 15) is 27.6 Å². The van der Waals surface area contributed by atoms with Crippen LogP contribution in [-0.4, -0.2) is 54.4 Å². The number of carbonyl (C=O) groups excluding carboxylic acids is 3. The molecule has 7 nitrogen and oxygen atoms in total. The number of likely N-dealkylation sites (tertiary alicyclic amines) is 1. The summed E-state index contributed by atoms with van der Waals surface area (Å²) in [5, 5.41) is 5.12. The first-order chi connectivity index (χ1) is 15.7. The smallest absolute Gasteiger partial charge is 0.417 e. The van der Waals surface area contributed by atoms with E-state index in [1.165, 1.54) is 41.5 Å². The highest BCUT2D eigenvalue weighted by molar-refractivity contribution is 7.09. The molecule has 0 aliphatic carbocycles. The summed E-state index contributed by atoms with van der Waals surface area (Å²) < 4.78 is 44.3. The van der Waals surface area contributed by atoms with Crippen LogP contribution in [0.5, 0.6) is 0 Å². The molecule has 1 fully saturated rings. The first-order valence-corrected chi connectivity index (χ1v) is 11.3. The maximum atomic E-state index is 13.2. The van der Waals surface area contributed by atoms with Crippen molar-refractivity contribution in [2.45, 2.75) is 37.8 Å². The molecule has 0 spiro atoms. The topological polar surface area (TPSA) is 88.6 Å². The lowest BCUT2D eigenvalue weighted by atomic mass is 9.96. The zero-order valence-electron chi connectivity index (χ0n) is 18.0. The molecule has 0 radical (unpaired) electrons. The molecule has 3 rings (SSSR count). The molecule has 2 amide bonds. The van der Waals surface area contributed by atoms with Crippen molar-refractivity contribution in [3.05, 3.63) is 51.5 Å². The first-order valence-electron chi connectivity index (χ1n) is 10.5. The van der Waals surface area contributed by atoms with Gasteiger partial charge in [-0.3, -0.25) is 14.4 Å². The number of nitrogens with one attached hydrogen (secondary N) is 1. The second kappa shape index (κ2) is 10.8. The third-order valence-electron chi connectivity index (χ3n) is 5.42. The molecule has 11 heteroatoms. The predicted molar refractivity (Wildman–Crippen MR) is 115 cm³/mol. The summed E-state index contributed by atoms with van der Waals surface area (Å²) in [6.45, 7) is 0.940. The zero-order chi connectivity index (χ0) is 24.0. The van der Waals surface area contributed by atoms with E-state index in [0.29, 0.717) is 38.9 Å². The maximum Gasteiger partial charge on any atom is 0.417 e. The molecule has 2 heterocycles. The van der Waals surface area contributed by atoms with Crippen molar-refractivity contribution in [3.63, 3.8) is 0 Å². The molecule has 0 unspecified atom stereocenters. The van der Waals surface area contributed by atoms with Crippen LogP contribution in [0.1, 0.15) is 63.0 Å². The van der Waals surface area contributed by atoms with E-state index in [-0.39, 0.29) is 35.5 Å². The lowest BCUT2D eigenvalue weighted by Gasteiger charge is -2.31. The van der Waals surface area contributed by atoms with E-state index in [2.05, 4.69) is 15.0 Å². The van der Waals surface area contributed by atoms with Crippen LogP contribution in [0.2, 0.25) is 0 Å². The third kappa shape index (κ3) is 6.31.